The molecule has 96 valence electrons. The fourth-order valence-corrected chi connectivity index (χ4v) is 2.07. The second-order valence-electron chi connectivity index (χ2n) is 3.96. The molecule has 1 aromatic rings. The fraction of sp³-hybridized carbons (Fsp3) is 0.333. The maximum atomic E-state index is 11.1. The van der Waals surface area contributed by atoms with Crippen molar-refractivity contribution in [1.82, 2.24) is 10.2 Å². The van der Waals surface area contributed by atoms with Crippen LogP contribution in [0.5, 0.6) is 0 Å². The molecular formula is C12H14ClN3O2. The van der Waals surface area contributed by atoms with Gasteiger partial charge in [-0.15, -0.1) is 0 Å². The van der Waals surface area contributed by atoms with Gasteiger partial charge in [0.05, 0.1) is 19.7 Å². The molecule has 0 radical (unpaired) electrons. The first-order valence-corrected chi connectivity index (χ1v) is 5.87. The number of guanidine groups is 1. The van der Waals surface area contributed by atoms with Crippen molar-refractivity contribution in [1.29, 1.82) is 0 Å². The van der Waals surface area contributed by atoms with E-state index in [-0.39, 0.29) is 6.04 Å². The Hall–Kier alpha value is -1.75. The lowest BCUT2D eigenvalue weighted by Crippen LogP contribution is -2.40. The summed E-state index contributed by atoms with van der Waals surface area (Å²) in [5.74, 6) is 0.506. The number of nitrogens with zero attached hydrogens (tertiary/aromatic N) is 2. The molecule has 1 heterocycles. The van der Waals surface area contributed by atoms with E-state index in [9.17, 15) is 4.79 Å². The molecule has 2 rings (SSSR count). The predicted molar refractivity (Wildman–Crippen MR) is 69.8 cm³/mol. The lowest BCUT2D eigenvalue weighted by atomic mass is 10.1. The Morgan fingerprint density at radius 3 is 3.06 bits per heavy atom. The Morgan fingerprint density at radius 1 is 1.61 bits per heavy atom. The highest BCUT2D eigenvalue weighted by atomic mass is 35.5. The van der Waals surface area contributed by atoms with Crippen molar-refractivity contribution in [3.05, 3.63) is 34.9 Å². The molecule has 0 spiro atoms. The molecule has 6 heteroatoms. The van der Waals surface area contributed by atoms with E-state index in [1.807, 2.05) is 36.2 Å². The number of hydrogen-bond acceptors (Lipinski definition) is 4. The molecular weight excluding hydrogens is 254 g/mol. The number of alkyl carbamates (subject to hydrolysis) is 1. The molecule has 1 aliphatic rings. The van der Waals surface area contributed by atoms with Gasteiger partial charge in [0.1, 0.15) is 0 Å². The molecule has 1 aromatic carbocycles. The number of carbonyl (C=O) groups excluding carboxylic acids is 1. The number of benzene rings is 1. The number of hydrogen-bond donors (Lipinski definition) is 1. The Balaban J connectivity index is 2.10. The van der Waals surface area contributed by atoms with Crippen molar-refractivity contribution in [3.63, 3.8) is 0 Å². The van der Waals surface area contributed by atoms with Crippen LogP contribution in [0.3, 0.4) is 0 Å². The summed E-state index contributed by atoms with van der Waals surface area (Å²) in [6, 6.07) is 7.70. The molecule has 0 saturated heterocycles. The van der Waals surface area contributed by atoms with Crippen LogP contribution in [0.15, 0.2) is 29.3 Å². The zero-order valence-corrected chi connectivity index (χ0v) is 10.9. The summed E-state index contributed by atoms with van der Waals surface area (Å²) >= 11 is 5.97. The highest BCUT2D eigenvalue weighted by Gasteiger charge is 2.27. The minimum Gasteiger partial charge on any atom is -0.453 e. The second kappa shape index (κ2) is 5.27. The number of aliphatic imine (C=N–C) groups is 1. The first-order valence-electron chi connectivity index (χ1n) is 5.49. The van der Waals surface area contributed by atoms with E-state index in [1.165, 1.54) is 7.11 Å². The molecule has 5 nitrogen and oxygen atoms in total. The smallest absolute Gasteiger partial charge is 0.413 e. The van der Waals surface area contributed by atoms with Crippen LogP contribution in [0.25, 0.3) is 0 Å². The fourth-order valence-electron chi connectivity index (χ4n) is 1.87. The van der Waals surface area contributed by atoms with Crippen LogP contribution in [0, 0.1) is 0 Å². The third kappa shape index (κ3) is 2.56. The minimum atomic E-state index is -0.521. The quantitative estimate of drug-likeness (QED) is 0.847. The van der Waals surface area contributed by atoms with Gasteiger partial charge in [0.15, 0.2) is 0 Å². The number of methoxy groups -OCH3 is 1. The molecule has 1 N–H and O–H groups in total. The number of nitrogens with one attached hydrogen (secondary N) is 1. The summed E-state index contributed by atoms with van der Waals surface area (Å²) in [4.78, 5) is 17.3. The van der Waals surface area contributed by atoms with Gasteiger partial charge < -0.3 is 9.64 Å². The molecule has 18 heavy (non-hydrogen) atoms. The van der Waals surface area contributed by atoms with Crippen LogP contribution in [-0.4, -0.2) is 37.7 Å². The van der Waals surface area contributed by atoms with Crippen LogP contribution in [0.2, 0.25) is 5.02 Å². The monoisotopic (exact) mass is 267 g/mol. The third-order valence-corrected chi connectivity index (χ3v) is 3.08. The Kier molecular flexibility index (Phi) is 3.72. The SMILES string of the molecule is COC(=O)NC1=NCC(c2cccc(Cl)c2)N1C. The van der Waals surface area contributed by atoms with Gasteiger partial charge in [-0.25, -0.2) is 4.79 Å². The van der Waals surface area contributed by atoms with E-state index >= 15 is 0 Å². The summed E-state index contributed by atoms with van der Waals surface area (Å²) in [5, 5.41) is 3.26. The van der Waals surface area contributed by atoms with Gasteiger partial charge in [0.2, 0.25) is 5.96 Å². The number of carbonyl (C=O) groups is 1. The van der Waals surface area contributed by atoms with Crippen LogP contribution in [0.4, 0.5) is 4.79 Å². The summed E-state index contributed by atoms with van der Waals surface area (Å²) < 4.78 is 4.54. The third-order valence-electron chi connectivity index (χ3n) is 2.85. The van der Waals surface area contributed by atoms with Crippen molar-refractivity contribution in [3.8, 4) is 0 Å². The number of ether oxygens (including phenoxy) is 1. The zero-order valence-electron chi connectivity index (χ0n) is 10.2. The Morgan fingerprint density at radius 2 is 2.39 bits per heavy atom. The Labute approximate surface area is 110 Å². The van der Waals surface area contributed by atoms with E-state index in [1.54, 1.807) is 0 Å². The molecule has 0 bridgehead atoms. The van der Waals surface area contributed by atoms with Crippen molar-refractivity contribution in [2.24, 2.45) is 4.99 Å². The molecule has 1 atom stereocenters. The van der Waals surface area contributed by atoms with E-state index in [4.69, 9.17) is 11.6 Å². The van der Waals surface area contributed by atoms with Crippen LogP contribution >= 0.6 is 11.6 Å². The van der Waals surface area contributed by atoms with Crippen LogP contribution < -0.4 is 5.32 Å². The molecule has 0 fully saturated rings. The van der Waals surface area contributed by atoms with Gasteiger partial charge in [-0.2, -0.15) is 0 Å². The first-order chi connectivity index (χ1) is 8.61. The van der Waals surface area contributed by atoms with Gasteiger partial charge in [0.25, 0.3) is 0 Å². The van der Waals surface area contributed by atoms with E-state index < -0.39 is 6.09 Å². The van der Waals surface area contributed by atoms with E-state index in [0.29, 0.717) is 17.5 Å². The lowest BCUT2D eigenvalue weighted by Gasteiger charge is -2.23. The number of halogens is 1. The maximum absolute atomic E-state index is 11.1. The molecule has 1 unspecified atom stereocenters. The van der Waals surface area contributed by atoms with Crippen LogP contribution in [0.1, 0.15) is 11.6 Å². The lowest BCUT2D eigenvalue weighted by molar-refractivity contribution is 0.175. The molecule has 0 aromatic heterocycles. The first kappa shape index (κ1) is 12.7. The predicted octanol–water partition coefficient (Wildman–Crippen LogP) is 2.04. The van der Waals surface area contributed by atoms with Gasteiger partial charge >= 0.3 is 6.09 Å². The zero-order chi connectivity index (χ0) is 13.1. The van der Waals surface area contributed by atoms with Gasteiger partial charge in [-0.1, -0.05) is 23.7 Å². The summed E-state index contributed by atoms with van der Waals surface area (Å²) in [5.41, 5.74) is 1.07. The van der Waals surface area contributed by atoms with Crippen molar-refractivity contribution in [2.75, 3.05) is 20.7 Å². The van der Waals surface area contributed by atoms with Crippen molar-refractivity contribution >= 4 is 23.7 Å². The molecule has 0 aliphatic carbocycles. The highest BCUT2D eigenvalue weighted by Crippen LogP contribution is 2.26. The van der Waals surface area contributed by atoms with Crippen molar-refractivity contribution < 1.29 is 9.53 Å². The topological polar surface area (TPSA) is 53.9 Å². The largest absolute Gasteiger partial charge is 0.453 e. The Bertz CT molecular complexity index is 490. The molecule has 1 amide bonds. The van der Waals surface area contributed by atoms with Gasteiger partial charge in [-0.3, -0.25) is 10.3 Å². The average Bonchev–Trinajstić information content (AvgIpc) is 2.71. The van der Waals surface area contributed by atoms with Gasteiger partial charge in [0, 0.05) is 12.1 Å². The summed E-state index contributed by atoms with van der Waals surface area (Å²) in [7, 11) is 3.19. The highest BCUT2D eigenvalue weighted by molar-refractivity contribution is 6.30. The van der Waals surface area contributed by atoms with Crippen LogP contribution in [-0.2, 0) is 4.74 Å². The maximum Gasteiger partial charge on any atom is 0.413 e. The van der Waals surface area contributed by atoms with E-state index in [2.05, 4.69) is 15.0 Å². The summed E-state index contributed by atoms with van der Waals surface area (Å²) in [6.45, 7) is 0.580. The average molecular weight is 268 g/mol. The van der Waals surface area contributed by atoms with Gasteiger partial charge in [-0.05, 0) is 17.7 Å². The minimum absolute atomic E-state index is 0.0795. The number of rotatable bonds is 1. The van der Waals surface area contributed by atoms with Crippen molar-refractivity contribution in [2.45, 2.75) is 6.04 Å². The second-order valence-corrected chi connectivity index (χ2v) is 4.40. The summed E-state index contributed by atoms with van der Waals surface area (Å²) in [6.07, 6.45) is -0.521. The van der Waals surface area contributed by atoms with E-state index in [0.717, 1.165) is 5.56 Å². The number of likely N-dealkylation sites (N-methyl/N-ethyl adjacent to an activating group) is 1. The molecule has 1 aliphatic heterocycles. The number of amides is 1. The standard InChI is InChI=1S/C12H14ClN3O2/c1-16-10(8-4-3-5-9(13)6-8)7-14-11(16)15-12(17)18-2/h3-6,10H,7H2,1-2H3,(H,14,15,17). The normalized spacial score (nSPS) is 18.5. The molecule has 0 saturated carbocycles.